The van der Waals surface area contributed by atoms with Gasteiger partial charge in [0.15, 0.2) is 0 Å². The van der Waals surface area contributed by atoms with E-state index in [9.17, 15) is 0 Å². The highest BCUT2D eigenvalue weighted by atomic mass is 16.4. The van der Waals surface area contributed by atoms with Gasteiger partial charge in [0.2, 0.25) is 11.8 Å². The normalized spacial score (nSPS) is 17.0. The molecule has 3 rings (SSSR count). The van der Waals surface area contributed by atoms with Crippen LogP contribution in [0.15, 0.2) is 34.7 Å². The molecule has 1 fully saturated rings. The lowest BCUT2D eigenvalue weighted by Crippen LogP contribution is -2.11. The Hall–Kier alpha value is -1.68. The molecule has 2 N–H and O–H groups in total. The average molecular weight is 229 g/mol. The molecule has 1 aliphatic rings. The third-order valence-corrected chi connectivity index (χ3v) is 3.07. The molecule has 1 aromatic heterocycles. The number of nitrogens with two attached hydrogens (primary N) is 1. The molecular formula is C13H15N3O. The van der Waals surface area contributed by atoms with E-state index in [1.807, 2.05) is 30.3 Å². The quantitative estimate of drug-likeness (QED) is 0.871. The fraction of sp³-hybridized carbons (Fsp3) is 0.385. The van der Waals surface area contributed by atoms with Gasteiger partial charge in [-0.05, 0) is 24.3 Å². The van der Waals surface area contributed by atoms with Gasteiger partial charge in [0, 0.05) is 6.42 Å². The van der Waals surface area contributed by atoms with Crippen LogP contribution in [0.4, 0.5) is 0 Å². The summed E-state index contributed by atoms with van der Waals surface area (Å²) in [5, 5.41) is 8.08. The largest absolute Gasteiger partial charge is 0.423 e. The molecule has 0 amide bonds. The van der Waals surface area contributed by atoms with Crippen LogP contribution in [0.1, 0.15) is 36.2 Å². The summed E-state index contributed by atoms with van der Waals surface area (Å²) in [6, 6.07) is 9.48. The second-order valence-corrected chi connectivity index (χ2v) is 4.57. The van der Waals surface area contributed by atoms with Gasteiger partial charge in [-0.15, -0.1) is 10.2 Å². The maximum Gasteiger partial charge on any atom is 0.237 e. The van der Waals surface area contributed by atoms with Crippen molar-refractivity contribution in [2.75, 3.05) is 0 Å². The Morgan fingerprint density at radius 2 is 2.00 bits per heavy atom. The fourth-order valence-electron chi connectivity index (χ4n) is 1.85. The first-order chi connectivity index (χ1) is 8.33. The Kier molecular flexibility index (Phi) is 2.65. The molecule has 2 aromatic rings. The van der Waals surface area contributed by atoms with Crippen LogP contribution < -0.4 is 5.73 Å². The van der Waals surface area contributed by atoms with Crippen molar-refractivity contribution in [2.45, 2.75) is 25.3 Å². The summed E-state index contributed by atoms with van der Waals surface area (Å²) in [6.45, 7) is 0. The van der Waals surface area contributed by atoms with E-state index in [-0.39, 0.29) is 6.04 Å². The van der Waals surface area contributed by atoms with E-state index < -0.39 is 0 Å². The van der Waals surface area contributed by atoms with Gasteiger partial charge >= 0.3 is 0 Å². The topological polar surface area (TPSA) is 64.9 Å². The van der Waals surface area contributed by atoms with Gasteiger partial charge in [-0.1, -0.05) is 30.3 Å². The number of aromatic nitrogens is 2. The van der Waals surface area contributed by atoms with Crippen molar-refractivity contribution in [3.05, 3.63) is 47.7 Å². The molecule has 1 heterocycles. The predicted molar refractivity (Wildman–Crippen MR) is 63.2 cm³/mol. The van der Waals surface area contributed by atoms with E-state index in [1.165, 1.54) is 12.8 Å². The second kappa shape index (κ2) is 4.30. The van der Waals surface area contributed by atoms with E-state index >= 15 is 0 Å². The highest BCUT2D eigenvalue weighted by Gasteiger charge is 2.25. The Morgan fingerprint density at radius 1 is 1.24 bits per heavy atom. The van der Waals surface area contributed by atoms with Crippen molar-refractivity contribution in [1.82, 2.24) is 10.2 Å². The molecule has 4 heteroatoms. The summed E-state index contributed by atoms with van der Waals surface area (Å²) in [5.74, 6) is 1.97. The zero-order chi connectivity index (χ0) is 11.7. The summed E-state index contributed by atoms with van der Waals surface area (Å²) >= 11 is 0. The van der Waals surface area contributed by atoms with Crippen molar-refractivity contribution >= 4 is 0 Å². The standard InChI is InChI=1S/C13H15N3O/c14-12(10-4-2-1-3-5-10)13-16-15-11(17-13)8-9-6-7-9/h1-5,9,12H,6-8,14H2. The van der Waals surface area contributed by atoms with Gasteiger partial charge < -0.3 is 10.2 Å². The van der Waals surface area contributed by atoms with Crippen LogP contribution in [0.3, 0.4) is 0 Å². The highest BCUT2D eigenvalue weighted by Crippen LogP contribution is 2.32. The molecule has 0 saturated heterocycles. The van der Waals surface area contributed by atoms with Crippen LogP contribution in [0, 0.1) is 5.92 Å². The van der Waals surface area contributed by atoms with Crippen molar-refractivity contribution in [2.24, 2.45) is 11.7 Å². The monoisotopic (exact) mass is 229 g/mol. The predicted octanol–water partition coefficient (Wildman–Crippen LogP) is 2.07. The van der Waals surface area contributed by atoms with Crippen LogP contribution >= 0.6 is 0 Å². The number of hydrogen-bond acceptors (Lipinski definition) is 4. The molecule has 88 valence electrons. The van der Waals surface area contributed by atoms with E-state index in [2.05, 4.69) is 10.2 Å². The third kappa shape index (κ3) is 2.36. The van der Waals surface area contributed by atoms with E-state index in [4.69, 9.17) is 10.2 Å². The maximum atomic E-state index is 6.08. The number of nitrogens with zero attached hydrogens (tertiary/aromatic N) is 2. The molecule has 1 aliphatic carbocycles. The summed E-state index contributed by atoms with van der Waals surface area (Å²) in [6.07, 6.45) is 3.46. The molecule has 1 aromatic carbocycles. The van der Waals surface area contributed by atoms with Crippen LogP contribution in [-0.4, -0.2) is 10.2 Å². The SMILES string of the molecule is NC(c1ccccc1)c1nnc(CC2CC2)o1. The number of hydrogen-bond donors (Lipinski definition) is 1. The molecule has 0 aliphatic heterocycles. The molecule has 0 bridgehead atoms. The minimum absolute atomic E-state index is 0.323. The molecule has 17 heavy (non-hydrogen) atoms. The lowest BCUT2D eigenvalue weighted by atomic mass is 10.1. The molecule has 1 saturated carbocycles. The minimum Gasteiger partial charge on any atom is -0.423 e. The first-order valence-corrected chi connectivity index (χ1v) is 5.96. The zero-order valence-electron chi connectivity index (χ0n) is 9.54. The van der Waals surface area contributed by atoms with E-state index in [1.54, 1.807) is 0 Å². The first kappa shape index (κ1) is 10.5. The lowest BCUT2D eigenvalue weighted by Gasteiger charge is -2.06. The van der Waals surface area contributed by atoms with E-state index in [0.717, 1.165) is 17.9 Å². The summed E-state index contributed by atoms with van der Waals surface area (Å²) < 4.78 is 5.60. The van der Waals surface area contributed by atoms with Crippen LogP contribution in [0.25, 0.3) is 0 Å². The fourth-order valence-corrected chi connectivity index (χ4v) is 1.85. The second-order valence-electron chi connectivity index (χ2n) is 4.57. The third-order valence-electron chi connectivity index (χ3n) is 3.07. The van der Waals surface area contributed by atoms with Gasteiger partial charge in [0.05, 0.1) is 0 Å². The van der Waals surface area contributed by atoms with Crippen molar-refractivity contribution < 1.29 is 4.42 Å². The first-order valence-electron chi connectivity index (χ1n) is 5.96. The zero-order valence-corrected chi connectivity index (χ0v) is 9.54. The molecule has 0 radical (unpaired) electrons. The average Bonchev–Trinajstić information content (AvgIpc) is 3.06. The van der Waals surface area contributed by atoms with Crippen molar-refractivity contribution in [1.29, 1.82) is 0 Å². The van der Waals surface area contributed by atoms with Gasteiger partial charge in [-0.25, -0.2) is 0 Å². The Labute approximate surface area is 99.8 Å². The van der Waals surface area contributed by atoms with Crippen molar-refractivity contribution in [3.8, 4) is 0 Å². The smallest absolute Gasteiger partial charge is 0.237 e. The van der Waals surface area contributed by atoms with Crippen LogP contribution in [0.5, 0.6) is 0 Å². The maximum absolute atomic E-state index is 6.08. The molecule has 1 unspecified atom stereocenters. The molecule has 0 spiro atoms. The summed E-state index contributed by atoms with van der Waals surface area (Å²) in [4.78, 5) is 0. The molecule has 1 atom stereocenters. The summed E-state index contributed by atoms with van der Waals surface area (Å²) in [5.41, 5.74) is 7.07. The number of rotatable bonds is 4. The Balaban J connectivity index is 1.76. The highest BCUT2D eigenvalue weighted by molar-refractivity contribution is 5.22. The van der Waals surface area contributed by atoms with Gasteiger partial charge in [0.1, 0.15) is 6.04 Å². The van der Waals surface area contributed by atoms with E-state index in [0.29, 0.717) is 11.8 Å². The van der Waals surface area contributed by atoms with Crippen LogP contribution in [0.2, 0.25) is 0 Å². The minimum atomic E-state index is -0.323. The molecular weight excluding hydrogens is 214 g/mol. The number of benzene rings is 1. The Bertz CT molecular complexity index is 490. The summed E-state index contributed by atoms with van der Waals surface area (Å²) in [7, 11) is 0. The van der Waals surface area contributed by atoms with Gasteiger partial charge in [0.25, 0.3) is 0 Å². The molecule has 4 nitrogen and oxygen atoms in total. The lowest BCUT2D eigenvalue weighted by molar-refractivity contribution is 0.427. The van der Waals surface area contributed by atoms with Crippen LogP contribution in [-0.2, 0) is 6.42 Å². The van der Waals surface area contributed by atoms with Gasteiger partial charge in [-0.3, -0.25) is 0 Å². The van der Waals surface area contributed by atoms with Gasteiger partial charge in [-0.2, -0.15) is 0 Å². The Morgan fingerprint density at radius 3 is 2.71 bits per heavy atom. The van der Waals surface area contributed by atoms with Crippen molar-refractivity contribution in [3.63, 3.8) is 0 Å².